The van der Waals surface area contributed by atoms with Crippen LogP contribution in [0.4, 0.5) is 5.69 Å². The van der Waals surface area contributed by atoms with E-state index in [2.05, 4.69) is 19.9 Å². The highest BCUT2D eigenvalue weighted by Gasteiger charge is 2.11. The van der Waals surface area contributed by atoms with Gasteiger partial charge in [0.25, 0.3) is 0 Å². The van der Waals surface area contributed by atoms with Gasteiger partial charge in [-0.25, -0.2) is 9.78 Å². The summed E-state index contributed by atoms with van der Waals surface area (Å²) in [5, 5.41) is 0.813. The number of nitrogens with one attached hydrogen (secondary N) is 2. The molecule has 108 valence electrons. The molecular formula is C15H11N5O2. The van der Waals surface area contributed by atoms with Crippen LogP contribution in [-0.2, 0) is 0 Å². The normalized spacial score (nSPS) is 11.1. The second kappa shape index (κ2) is 4.59. The van der Waals surface area contributed by atoms with Gasteiger partial charge in [0.2, 0.25) is 0 Å². The van der Waals surface area contributed by atoms with Gasteiger partial charge >= 0.3 is 5.69 Å². The number of nitrogens with two attached hydrogens (primary N) is 1. The number of hydrogen-bond donors (Lipinski definition) is 3. The van der Waals surface area contributed by atoms with Crippen molar-refractivity contribution < 1.29 is 4.74 Å². The standard InChI is InChI=1S/C15H11N5O2/c16-9-3-4-10(12-8(9)2-1-6-17-12)22-11-5-7-18-14-13(11)19-15(21)20-14/h1-7H,16H2,(H2,18,19,20,21). The molecular weight excluding hydrogens is 282 g/mol. The molecule has 22 heavy (non-hydrogen) atoms. The van der Waals surface area contributed by atoms with E-state index in [1.165, 1.54) is 0 Å². The van der Waals surface area contributed by atoms with Gasteiger partial charge in [-0.3, -0.25) is 9.97 Å². The van der Waals surface area contributed by atoms with Gasteiger partial charge in [-0.1, -0.05) is 0 Å². The zero-order valence-electron chi connectivity index (χ0n) is 11.3. The molecule has 4 aromatic rings. The number of fused-ring (bicyclic) bond motifs is 2. The number of aromatic nitrogens is 4. The van der Waals surface area contributed by atoms with Crippen LogP contribution in [-0.4, -0.2) is 19.9 Å². The first-order valence-electron chi connectivity index (χ1n) is 6.60. The first-order valence-corrected chi connectivity index (χ1v) is 6.60. The Bertz CT molecular complexity index is 1050. The average molecular weight is 293 g/mol. The van der Waals surface area contributed by atoms with E-state index in [4.69, 9.17) is 10.5 Å². The molecule has 0 saturated heterocycles. The summed E-state index contributed by atoms with van der Waals surface area (Å²) in [6, 6.07) is 8.89. The minimum Gasteiger partial charge on any atom is -0.453 e. The second-order valence-electron chi connectivity index (χ2n) is 4.77. The smallest absolute Gasteiger partial charge is 0.325 e. The van der Waals surface area contributed by atoms with Gasteiger partial charge < -0.3 is 15.5 Å². The minimum atomic E-state index is -0.334. The number of nitrogens with zero attached hydrogens (tertiary/aromatic N) is 2. The van der Waals surface area contributed by atoms with Crippen molar-refractivity contribution in [3.05, 3.63) is 53.2 Å². The maximum absolute atomic E-state index is 11.4. The van der Waals surface area contributed by atoms with E-state index in [1.807, 2.05) is 12.1 Å². The summed E-state index contributed by atoms with van der Waals surface area (Å²) in [6.07, 6.45) is 3.24. The summed E-state index contributed by atoms with van der Waals surface area (Å²) in [7, 11) is 0. The van der Waals surface area contributed by atoms with Crippen molar-refractivity contribution in [2.45, 2.75) is 0 Å². The summed E-state index contributed by atoms with van der Waals surface area (Å²) in [4.78, 5) is 25.1. The Morgan fingerprint density at radius 1 is 1.00 bits per heavy atom. The predicted molar refractivity (Wildman–Crippen MR) is 82.9 cm³/mol. The molecule has 4 N–H and O–H groups in total. The lowest BCUT2D eigenvalue weighted by Crippen LogP contribution is -1.99. The third-order valence-corrected chi connectivity index (χ3v) is 3.37. The number of benzene rings is 1. The Kier molecular flexibility index (Phi) is 2.59. The van der Waals surface area contributed by atoms with Gasteiger partial charge in [-0.15, -0.1) is 0 Å². The molecule has 0 fully saturated rings. The Morgan fingerprint density at radius 3 is 2.82 bits per heavy atom. The van der Waals surface area contributed by atoms with Crippen molar-refractivity contribution in [1.29, 1.82) is 0 Å². The average Bonchev–Trinajstić information content (AvgIpc) is 2.92. The lowest BCUT2D eigenvalue weighted by Gasteiger charge is -2.10. The molecule has 0 aliphatic carbocycles. The molecule has 3 aromatic heterocycles. The molecule has 0 radical (unpaired) electrons. The van der Waals surface area contributed by atoms with Crippen LogP contribution in [0, 0.1) is 0 Å². The number of H-pyrrole nitrogens is 2. The zero-order chi connectivity index (χ0) is 15.1. The number of hydrogen-bond acceptors (Lipinski definition) is 5. The number of ether oxygens (including phenoxy) is 1. The van der Waals surface area contributed by atoms with Gasteiger partial charge in [0.05, 0.1) is 0 Å². The molecule has 1 aromatic carbocycles. The molecule has 7 heteroatoms. The van der Waals surface area contributed by atoms with Crippen LogP contribution < -0.4 is 16.2 Å². The maximum Gasteiger partial charge on any atom is 0.325 e. The number of pyridine rings is 2. The number of anilines is 1. The Labute approximate surface area is 123 Å². The zero-order valence-corrected chi connectivity index (χ0v) is 11.3. The highest BCUT2D eigenvalue weighted by Crippen LogP contribution is 2.33. The van der Waals surface area contributed by atoms with Crippen molar-refractivity contribution >= 4 is 27.8 Å². The summed E-state index contributed by atoms with van der Waals surface area (Å²) in [6.45, 7) is 0. The van der Waals surface area contributed by atoms with Gasteiger partial charge in [0.15, 0.2) is 17.1 Å². The van der Waals surface area contributed by atoms with E-state index < -0.39 is 0 Å². The predicted octanol–water partition coefficient (Wildman–Crippen LogP) is 2.17. The largest absolute Gasteiger partial charge is 0.453 e. The van der Waals surface area contributed by atoms with Crippen LogP contribution in [0.15, 0.2) is 47.5 Å². The van der Waals surface area contributed by atoms with Crippen LogP contribution in [0.25, 0.3) is 22.1 Å². The van der Waals surface area contributed by atoms with Crippen molar-refractivity contribution in [2.75, 3.05) is 5.73 Å². The monoisotopic (exact) mass is 293 g/mol. The van der Waals surface area contributed by atoms with E-state index in [9.17, 15) is 4.79 Å². The van der Waals surface area contributed by atoms with Crippen LogP contribution in [0.1, 0.15) is 0 Å². The number of imidazole rings is 1. The summed E-state index contributed by atoms with van der Waals surface area (Å²) < 4.78 is 5.93. The summed E-state index contributed by atoms with van der Waals surface area (Å²) in [5.74, 6) is 1.04. The molecule has 0 unspecified atom stereocenters. The fourth-order valence-corrected chi connectivity index (χ4v) is 2.37. The fraction of sp³-hybridized carbons (Fsp3) is 0. The maximum atomic E-state index is 11.4. The number of aromatic amines is 2. The Morgan fingerprint density at radius 2 is 1.91 bits per heavy atom. The molecule has 0 spiro atoms. The van der Waals surface area contributed by atoms with E-state index in [-0.39, 0.29) is 5.69 Å². The number of nitrogen functional groups attached to an aromatic ring is 1. The van der Waals surface area contributed by atoms with Crippen molar-refractivity contribution in [3.63, 3.8) is 0 Å². The van der Waals surface area contributed by atoms with Crippen molar-refractivity contribution in [1.82, 2.24) is 19.9 Å². The first-order chi connectivity index (χ1) is 10.7. The van der Waals surface area contributed by atoms with Crippen molar-refractivity contribution in [3.8, 4) is 11.5 Å². The molecule has 0 bridgehead atoms. The SMILES string of the molecule is Nc1ccc(Oc2ccnc3[nH]c(=O)[nH]c23)c2ncccc12. The fourth-order valence-electron chi connectivity index (χ4n) is 2.37. The van der Waals surface area contributed by atoms with E-state index in [1.54, 1.807) is 30.6 Å². The molecule has 7 nitrogen and oxygen atoms in total. The summed E-state index contributed by atoms with van der Waals surface area (Å²) in [5.41, 5.74) is 7.86. The van der Waals surface area contributed by atoms with Crippen LogP contribution in [0.5, 0.6) is 11.5 Å². The molecule has 0 aliphatic heterocycles. The lowest BCUT2D eigenvalue weighted by atomic mass is 10.1. The van der Waals surface area contributed by atoms with Crippen LogP contribution >= 0.6 is 0 Å². The quantitative estimate of drug-likeness (QED) is 0.491. The molecule has 0 atom stereocenters. The lowest BCUT2D eigenvalue weighted by molar-refractivity contribution is 0.491. The molecule has 0 saturated carbocycles. The van der Waals surface area contributed by atoms with E-state index in [0.717, 1.165) is 5.39 Å². The topological polar surface area (TPSA) is 110 Å². The molecule has 3 heterocycles. The summed E-state index contributed by atoms with van der Waals surface area (Å²) >= 11 is 0. The Balaban J connectivity index is 1.90. The third-order valence-electron chi connectivity index (χ3n) is 3.37. The highest BCUT2D eigenvalue weighted by molar-refractivity contribution is 5.94. The highest BCUT2D eigenvalue weighted by atomic mass is 16.5. The van der Waals surface area contributed by atoms with Gasteiger partial charge in [-0.2, -0.15) is 0 Å². The van der Waals surface area contributed by atoms with Gasteiger partial charge in [-0.05, 0) is 24.3 Å². The minimum absolute atomic E-state index is 0.334. The number of rotatable bonds is 2. The second-order valence-corrected chi connectivity index (χ2v) is 4.77. The van der Waals surface area contributed by atoms with E-state index >= 15 is 0 Å². The van der Waals surface area contributed by atoms with Crippen molar-refractivity contribution in [2.24, 2.45) is 0 Å². The van der Waals surface area contributed by atoms with Crippen LogP contribution in [0.3, 0.4) is 0 Å². The molecule has 4 rings (SSSR count). The van der Waals surface area contributed by atoms with Gasteiger partial charge in [0.1, 0.15) is 11.0 Å². The first kappa shape index (κ1) is 12.4. The van der Waals surface area contributed by atoms with E-state index in [0.29, 0.717) is 33.9 Å². The molecule has 0 amide bonds. The van der Waals surface area contributed by atoms with Crippen LogP contribution in [0.2, 0.25) is 0 Å². The third kappa shape index (κ3) is 1.87. The van der Waals surface area contributed by atoms with Gasteiger partial charge in [0, 0.05) is 29.5 Å². The molecule has 0 aliphatic rings. The Hall–Kier alpha value is -3.35.